The van der Waals surface area contributed by atoms with Crippen LogP contribution in [0.2, 0.25) is 0 Å². The van der Waals surface area contributed by atoms with Crippen molar-refractivity contribution in [2.75, 3.05) is 19.6 Å². The van der Waals surface area contributed by atoms with E-state index in [1.165, 1.54) is 37.4 Å². The Morgan fingerprint density at radius 1 is 1.33 bits per heavy atom. The molecule has 0 N–H and O–H groups in total. The van der Waals surface area contributed by atoms with Gasteiger partial charge < -0.3 is 4.90 Å². The number of thioether (sulfide) groups is 1. The second kappa shape index (κ2) is 5.26. The maximum Gasteiger partial charge on any atom is 0.0263 e. The van der Waals surface area contributed by atoms with Gasteiger partial charge >= 0.3 is 0 Å². The van der Waals surface area contributed by atoms with Crippen LogP contribution in [0.5, 0.6) is 0 Å². The molecule has 0 saturated carbocycles. The van der Waals surface area contributed by atoms with Crippen LogP contribution in [-0.2, 0) is 6.42 Å². The van der Waals surface area contributed by atoms with Crippen LogP contribution in [0.15, 0.2) is 29.2 Å². The van der Waals surface area contributed by atoms with Crippen molar-refractivity contribution in [3.05, 3.63) is 29.8 Å². The smallest absolute Gasteiger partial charge is 0.0263 e. The first-order valence-electron chi connectivity index (χ1n) is 7.19. The van der Waals surface area contributed by atoms with E-state index in [4.69, 9.17) is 0 Å². The van der Waals surface area contributed by atoms with Crippen LogP contribution in [0.25, 0.3) is 0 Å². The average molecular weight is 261 g/mol. The molecule has 2 aliphatic rings. The Kier molecular flexibility index (Phi) is 3.67. The monoisotopic (exact) mass is 261 g/mol. The third-order valence-corrected chi connectivity index (χ3v) is 5.73. The highest BCUT2D eigenvalue weighted by Gasteiger charge is 2.29. The molecule has 1 fully saturated rings. The maximum atomic E-state index is 2.69. The minimum absolute atomic E-state index is 0.785. The molecular weight excluding hydrogens is 238 g/mol. The van der Waals surface area contributed by atoms with Gasteiger partial charge in [-0.3, -0.25) is 0 Å². The summed E-state index contributed by atoms with van der Waals surface area (Å²) in [5.74, 6) is 1.78. The second-order valence-electron chi connectivity index (χ2n) is 6.10. The molecule has 2 heterocycles. The van der Waals surface area contributed by atoms with E-state index in [9.17, 15) is 0 Å². The summed E-state index contributed by atoms with van der Waals surface area (Å²) in [4.78, 5) is 4.20. The van der Waals surface area contributed by atoms with Gasteiger partial charge in [-0.2, -0.15) is 0 Å². The average Bonchev–Trinajstić information content (AvgIpc) is 2.94. The van der Waals surface area contributed by atoms with E-state index >= 15 is 0 Å². The fraction of sp³-hybridized carbons (Fsp3) is 0.625. The summed E-state index contributed by atoms with van der Waals surface area (Å²) < 4.78 is 0. The molecular formula is C16H23NS. The summed E-state index contributed by atoms with van der Waals surface area (Å²) in [6.07, 6.45) is 2.67. The minimum atomic E-state index is 0.785. The fourth-order valence-corrected chi connectivity index (χ4v) is 4.58. The zero-order valence-electron chi connectivity index (χ0n) is 11.4. The molecule has 2 atom stereocenters. The van der Waals surface area contributed by atoms with E-state index in [2.05, 4.69) is 54.8 Å². The molecule has 0 aliphatic carbocycles. The lowest BCUT2D eigenvalue weighted by Gasteiger charge is -2.20. The molecule has 0 radical (unpaired) electrons. The molecule has 2 unspecified atom stereocenters. The van der Waals surface area contributed by atoms with Crippen molar-refractivity contribution in [3.8, 4) is 0 Å². The summed E-state index contributed by atoms with van der Waals surface area (Å²) >= 11 is 2.09. The number of hydrogen-bond acceptors (Lipinski definition) is 2. The van der Waals surface area contributed by atoms with Gasteiger partial charge in [0.1, 0.15) is 0 Å². The molecule has 3 rings (SSSR count). The Balaban J connectivity index is 1.54. The first-order valence-corrected chi connectivity index (χ1v) is 8.07. The normalized spacial score (nSPS) is 27.9. The lowest BCUT2D eigenvalue weighted by Crippen LogP contribution is -2.29. The molecule has 1 aromatic carbocycles. The molecule has 0 aromatic heterocycles. The zero-order valence-corrected chi connectivity index (χ0v) is 12.2. The third kappa shape index (κ3) is 2.60. The van der Waals surface area contributed by atoms with Crippen molar-refractivity contribution in [2.24, 2.45) is 11.8 Å². The molecule has 0 spiro atoms. The van der Waals surface area contributed by atoms with Crippen LogP contribution >= 0.6 is 11.8 Å². The minimum Gasteiger partial charge on any atom is -0.302 e. The predicted molar refractivity (Wildman–Crippen MR) is 79.2 cm³/mol. The van der Waals surface area contributed by atoms with Crippen molar-refractivity contribution in [3.63, 3.8) is 0 Å². The Hall–Kier alpha value is -0.470. The SMILES string of the molecule is CC(C)C1CCN(CC2Cc3ccccc3S2)C1. The third-order valence-electron chi connectivity index (χ3n) is 4.43. The molecule has 1 nitrogen and oxygen atoms in total. The summed E-state index contributed by atoms with van der Waals surface area (Å²) in [5, 5.41) is 0.785. The van der Waals surface area contributed by atoms with Crippen molar-refractivity contribution >= 4 is 11.8 Å². The van der Waals surface area contributed by atoms with Crippen molar-refractivity contribution in [1.82, 2.24) is 4.90 Å². The summed E-state index contributed by atoms with van der Waals surface area (Å²) in [6.45, 7) is 8.66. The Morgan fingerprint density at radius 3 is 2.89 bits per heavy atom. The van der Waals surface area contributed by atoms with E-state index in [0.717, 1.165) is 17.1 Å². The molecule has 0 amide bonds. The van der Waals surface area contributed by atoms with Gasteiger partial charge in [-0.25, -0.2) is 0 Å². The molecule has 18 heavy (non-hydrogen) atoms. The molecule has 0 bridgehead atoms. The van der Waals surface area contributed by atoms with Gasteiger partial charge in [-0.05, 0) is 42.9 Å². The number of fused-ring (bicyclic) bond motifs is 1. The number of likely N-dealkylation sites (tertiary alicyclic amines) is 1. The van der Waals surface area contributed by atoms with Crippen molar-refractivity contribution in [1.29, 1.82) is 0 Å². The van der Waals surface area contributed by atoms with Gasteiger partial charge in [-0.15, -0.1) is 11.8 Å². The van der Waals surface area contributed by atoms with Crippen LogP contribution in [0.1, 0.15) is 25.8 Å². The molecule has 2 aliphatic heterocycles. The number of benzene rings is 1. The summed E-state index contributed by atoms with van der Waals surface area (Å²) in [5.41, 5.74) is 1.56. The first-order chi connectivity index (χ1) is 8.72. The topological polar surface area (TPSA) is 3.24 Å². The van der Waals surface area contributed by atoms with Crippen LogP contribution < -0.4 is 0 Å². The first kappa shape index (κ1) is 12.6. The van der Waals surface area contributed by atoms with E-state index in [1.807, 2.05) is 0 Å². The number of nitrogens with zero attached hydrogens (tertiary/aromatic N) is 1. The van der Waals surface area contributed by atoms with Crippen LogP contribution in [0.3, 0.4) is 0 Å². The zero-order chi connectivity index (χ0) is 12.5. The maximum absolute atomic E-state index is 2.69. The molecule has 98 valence electrons. The standard InChI is InChI=1S/C16H23NS/c1-12(2)14-7-8-17(10-14)11-15-9-13-5-3-4-6-16(13)18-15/h3-6,12,14-15H,7-11H2,1-2H3. The summed E-state index contributed by atoms with van der Waals surface area (Å²) in [6, 6.07) is 8.91. The molecule has 1 saturated heterocycles. The van der Waals surface area contributed by atoms with Gasteiger partial charge in [0, 0.05) is 23.2 Å². The van der Waals surface area contributed by atoms with E-state index in [-0.39, 0.29) is 0 Å². The van der Waals surface area contributed by atoms with Gasteiger partial charge in [0.15, 0.2) is 0 Å². The number of hydrogen-bond donors (Lipinski definition) is 0. The number of rotatable bonds is 3. The Bertz CT molecular complexity index is 390. The molecule has 2 heteroatoms. The predicted octanol–water partition coefficient (Wildman–Crippen LogP) is 3.68. The fourth-order valence-electron chi connectivity index (χ4n) is 3.22. The van der Waals surface area contributed by atoms with Crippen LogP contribution in [-0.4, -0.2) is 29.8 Å². The van der Waals surface area contributed by atoms with Gasteiger partial charge in [0.2, 0.25) is 0 Å². The van der Waals surface area contributed by atoms with Gasteiger partial charge in [0.25, 0.3) is 0 Å². The molecule has 1 aromatic rings. The van der Waals surface area contributed by atoms with E-state index < -0.39 is 0 Å². The van der Waals surface area contributed by atoms with E-state index in [1.54, 1.807) is 5.56 Å². The lowest BCUT2D eigenvalue weighted by atomic mass is 9.95. The van der Waals surface area contributed by atoms with Crippen LogP contribution in [0, 0.1) is 11.8 Å². The Morgan fingerprint density at radius 2 is 2.17 bits per heavy atom. The largest absolute Gasteiger partial charge is 0.302 e. The summed E-state index contributed by atoms with van der Waals surface area (Å²) in [7, 11) is 0. The quantitative estimate of drug-likeness (QED) is 0.816. The van der Waals surface area contributed by atoms with Crippen LogP contribution in [0.4, 0.5) is 0 Å². The van der Waals surface area contributed by atoms with Crippen molar-refractivity contribution in [2.45, 2.75) is 36.8 Å². The second-order valence-corrected chi connectivity index (χ2v) is 7.45. The van der Waals surface area contributed by atoms with E-state index in [0.29, 0.717) is 0 Å². The Labute approximate surface area is 115 Å². The van der Waals surface area contributed by atoms with Gasteiger partial charge in [-0.1, -0.05) is 32.0 Å². The highest BCUT2D eigenvalue weighted by Crippen LogP contribution is 2.37. The highest BCUT2D eigenvalue weighted by atomic mass is 32.2. The van der Waals surface area contributed by atoms with Gasteiger partial charge in [0.05, 0.1) is 0 Å². The van der Waals surface area contributed by atoms with Crippen molar-refractivity contribution < 1.29 is 0 Å². The highest BCUT2D eigenvalue weighted by molar-refractivity contribution is 8.00. The lowest BCUT2D eigenvalue weighted by molar-refractivity contribution is 0.304.